The Balaban J connectivity index is 2.11. The monoisotopic (exact) mass is 233 g/mol. The number of thiazole rings is 1. The minimum absolute atomic E-state index is 0.231. The third-order valence-electron chi connectivity index (χ3n) is 2.18. The van der Waals surface area contributed by atoms with E-state index in [2.05, 4.69) is 9.72 Å². The van der Waals surface area contributed by atoms with Crippen LogP contribution >= 0.6 is 11.3 Å². The van der Waals surface area contributed by atoms with Crippen molar-refractivity contribution in [3.05, 3.63) is 35.3 Å². The van der Waals surface area contributed by atoms with Crippen LogP contribution in [0, 0.1) is 0 Å². The minimum atomic E-state index is -0.231. The standard InChI is InChI=1S/C12H11NO2S/c1-15-12(14)4-2-3-9-5-6-11-10(7-9)13-8-16-11/h2-3,5-8H,4H2,1H3. The molecule has 0 bridgehead atoms. The number of carbonyl (C=O) groups is 1. The number of methoxy groups -OCH3 is 1. The van der Waals surface area contributed by atoms with Crippen LogP contribution in [0.15, 0.2) is 29.8 Å². The van der Waals surface area contributed by atoms with Gasteiger partial charge in [-0.2, -0.15) is 0 Å². The van der Waals surface area contributed by atoms with Gasteiger partial charge in [-0.1, -0.05) is 18.2 Å². The van der Waals surface area contributed by atoms with Gasteiger partial charge in [-0.05, 0) is 17.7 Å². The Bertz CT molecular complexity index is 531. The maximum absolute atomic E-state index is 10.9. The Kier molecular flexibility index (Phi) is 3.31. The van der Waals surface area contributed by atoms with Gasteiger partial charge in [-0.3, -0.25) is 4.79 Å². The van der Waals surface area contributed by atoms with Crippen molar-refractivity contribution in [2.24, 2.45) is 0 Å². The van der Waals surface area contributed by atoms with Gasteiger partial charge in [-0.25, -0.2) is 4.98 Å². The molecule has 0 fully saturated rings. The highest BCUT2D eigenvalue weighted by molar-refractivity contribution is 7.16. The third kappa shape index (κ3) is 2.46. The second-order valence-electron chi connectivity index (χ2n) is 3.26. The normalized spacial score (nSPS) is 11.1. The minimum Gasteiger partial charge on any atom is -0.469 e. The number of benzene rings is 1. The lowest BCUT2D eigenvalue weighted by Crippen LogP contribution is -1.96. The average molecular weight is 233 g/mol. The van der Waals surface area contributed by atoms with Gasteiger partial charge in [0.15, 0.2) is 0 Å². The van der Waals surface area contributed by atoms with E-state index in [9.17, 15) is 4.79 Å². The number of rotatable bonds is 3. The summed E-state index contributed by atoms with van der Waals surface area (Å²) >= 11 is 1.62. The number of ether oxygens (including phenoxy) is 1. The third-order valence-corrected chi connectivity index (χ3v) is 2.99. The maximum Gasteiger partial charge on any atom is 0.309 e. The van der Waals surface area contributed by atoms with Gasteiger partial charge in [0, 0.05) is 0 Å². The van der Waals surface area contributed by atoms with E-state index in [4.69, 9.17) is 0 Å². The molecule has 0 radical (unpaired) electrons. The molecule has 0 atom stereocenters. The van der Waals surface area contributed by atoms with Crippen molar-refractivity contribution in [3.8, 4) is 0 Å². The first-order chi connectivity index (χ1) is 7.79. The van der Waals surface area contributed by atoms with Crippen LogP contribution in [0.3, 0.4) is 0 Å². The topological polar surface area (TPSA) is 39.2 Å². The average Bonchev–Trinajstić information content (AvgIpc) is 2.76. The van der Waals surface area contributed by atoms with Gasteiger partial charge in [-0.15, -0.1) is 11.3 Å². The van der Waals surface area contributed by atoms with E-state index in [0.29, 0.717) is 6.42 Å². The highest BCUT2D eigenvalue weighted by Crippen LogP contribution is 2.19. The zero-order valence-corrected chi connectivity index (χ0v) is 9.66. The molecule has 2 rings (SSSR count). The fraction of sp³-hybridized carbons (Fsp3) is 0.167. The number of hydrogen-bond acceptors (Lipinski definition) is 4. The summed E-state index contributed by atoms with van der Waals surface area (Å²) in [6, 6.07) is 6.04. The fourth-order valence-electron chi connectivity index (χ4n) is 1.35. The number of hydrogen-bond donors (Lipinski definition) is 0. The van der Waals surface area contributed by atoms with Crippen LogP contribution in [0.5, 0.6) is 0 Å². The van der Waals surface area contributed by atoms with E-state index in [0.717, 1.165) is 11.1 Å². The molecule has 1 heterocycles. The smallest absolute Gasteiger partial charge is 0.309 e. The summed E-state index contributed by atoms with van der Waals surface area (Å²) in [5.74, 6) is -0.231. The molecule has 2 aromatic rings. The summed E-state index contributed by atoms with van der Waals surface area (Å²) in [5, 5.41) is 0. The summed E-state index contributed by atoms with van der Waals surface area (Å²) in [6.45, 7) is 0. The summed E-state index contributed by atoms with van der Waals surface area (Å²) in [6.07, 6.45) is 3.99. The van der Waals surface area contributed by atoms with Crippen molar-refractivity contribution in [2.45, 2.75) is 6.42 Å². The van der Waals surface area contributed by atoms with Gasteiger partial charge in [0.05, 0.1) is 29.3 Å². The molecule has 0 spiro atoms. The molecule has 1 aromatic carbocycles. The molecule has 16 heavy (non-hydrogen) atoms. The Morgan fingerprint density at radius 3 is 3.25 bits per heavy atom. The van der Waals surface area contributed by atoms with Crippen LogP contribution in [0.1, 0.15) is 12.0 Å². The molecule has 0 saturated carbocycles. The van der Waals surface area contributed by atoms with Crippen molar-refractivity contribution in [2.75, 3.05) is 7.11 Å². The van der Waals surface area contributed by atoms with Crippen molar-refractivity contribution >= 4 is 33.6 Å². The molecule has 0 unspecified atom stereocenters. The second-order valence-corrected chi connectivity index (χ2v) is 4.15. The lowest BCUT2D eigenvalue weighted by Gasteiger charge is -1.94. The number of fused-ring (bicyclic) bond motifs is 1. The number of carbonyl (C=O) groups excluding carboxylic acids is 1. The van der Waals surface area contributed by atoms with E-state index in [1.165, 1.54) is 11.8 Å². The number of aromatic nitrogens is 1. The van der Waals surface area contributed by atoms with Crippen LogP contribution in [-0.2, 0) is 9.53 Å². The summed E-state index contributed by atoms with van der Waals surface area (Å²) in [4.78, 5) is 15.1. The Morgan fingerprint density at radius 2 is 2.44 bits per heavy atom. The first kappa shape index (κ1) is 10.8. The molecular weight excluding hydrogens is 222 g/mol. The Hall–Kier alpha value is -1.68. The van der Waals surface area contributed by atoms with Gasteiger partial charge in [0.1, 0.15) is 0 Å². The second kappa shape index (κ2) is 4.90. The lowest BCUT2D eigenvalue weighted by atomic mass is 10.2. The highest BCUT2D eigenvalue weighted by atomic mass is 32.1. The van der Waals surface area contributed by atoms with Crippen molar-refractivity contribution in [3.63, 3.8) is 0 Å². The number of nitrogens with zero attached hydrogens (tertiary/aromatic N) is 1. The maximum atomic E-state index is 10.9. The molecule has 4 heteroatoms. The molecule has 0 amide bonds. The molecule has 0 aliphatic rings. The van der Waals surface area contributed by atoms with E-state index in [-0.39, 0.29) is 5.97 Å². The molecule has 0 N–H and O–H groups in total. The van der Waals surface area contributed by atoms with Crippen LogP contribution < -0.4 is 0 Å². The molecule has 82 valence electrons. The van der Waals surface area contributed by atoms with Crippen LogP contribution in [-0.4, -0.2) is 18.1 Å². The first-order valence-corrected chi connectivity index (χ1v) is 5.74. The van der Waals surface area contributed by atoms with Gasteiger partial charge < -0.3 is 4.74 Å². The van der Waals surface area contributed by atoms with Crippen molar-refractivity contribution in [1.29, 1.82) is 0 Å². The molecule has 3 nitrogen and oxygen atoms in total. The highest BCUT2D eigenvalue weighted by Gasteiger charge is 1.97. The molecule has 0 aliphatic heterocycles. The molecule has 0 aliphatic carbocycles. The van der Waals surface area contributed by atoms with Crippen LogP contribution in [0.4, 0.5) is 0 Å². The summed E-state index contributed by atoms with van der Waals surface area (Å²) in [5.41, 5.74) is 3.86. The zero-order valence-electron chi connectivity index (χ0n) is 8.84. The molecule has 0 saturated heterocycles. The predicted molar refractivity (Wildman–Crippen MR) is 65.3 cm³/mol. The van der Waals surface area contributed by atoms with Crippen LogP contribution in [0.25, 0.3) is 16.3 Å². The molecular formula is C12H11NO2S. The first-order valence-electron chi connectivity index (χ1n) is 4.86. The number of esters is 1. The SMILES string of the molecule is COC(=O)CC=Cc1ccc2scnc2c1. The van der Waals surface area contributed by atoms with E-state index in [1.807, 2.05) is 29.8 Å². The lowest BCUT2D eigenvalue weighted by molar-refractivity contribution is -0.139. The van der Waals surface area contributed by atoms with Gasteiger partial charge in [0.2, 0.25) is 0 Å². The van der Waals surface area contributed by atoms with E-state index in [1.54, 1.807) is 17.4 Å². The van der Waals surface area contributed by atoms with Gasteiger partial charge in [0.25, 0.3) is 0 Å². The van der Waals surface area contributed by atoms with Crippen molar-refractivity contribution in [1.82, 2.24) is 4.98 Å². The molecule has 1 aromatic heterocycles. The largest absolute Gasteiger partial charge is 0.469 e. The van der Waals surface area contributed by atoms with Gasteiger partial charge >= 0.3 is 5.97 Å². The van der Waals surface area contributed by atoms with E-state index < -0.39 is 0 Å². The Morgan fingerprint density at radius 1 is 1.56 bits per heavy atom. The summed E-state index contributed by atoms with van der Waals surface area (Å²) in [7, 11) is 1.39. The summed E-state index contributed by atoms with van der Waals surface area (Å²) < 4.78 is 5.72. The van der Waals surface area contributed by atoms with E-state index >= 15 is 0 Å². The quantitative estimate of drug-likeness (QED) is 0.765. The fourth-order valence-corrected chi connectivity index (χ4v) is 2.01. The zero-order chi connectivity index (χ0) is 11.4. The Labute approximate surface area is 97.4 Å². The van der Waals surface area contributed by atoms with Crippen molar-refractivity contribution < 1.29 is 9.53 Å². The predicted octanol–water partition coefficient (Wildman–Crippen LogP) is 2.87. The van der Waals surface area contributed by atoms with Crippen LogP contribution in [0.2, 0.25) is 0 Å².